The Bertz CT molecular complexity index is 733. The fourth-order valence-electron chi connectivity index (χ4n) is 2.38. The molecular weight excluding hydrogens is 334 g/mol. The number of rotatable bonds is 5. The van der Waals surface area contributed by atoms with E-state index in [1.54, 1.807) is 0 Å². The number of hydrogen-bond donors (Lipinski definition) is 3. The smallest absolute Gasteiger partial charge is 0.276 e. The number of thiocarbonyl (C=S) groups is 1. The Morgan fingerprint density at radius 1 is 1.12 bits per heavy atom. The summed E-state index contributed by atoms with van der Waals surface area (Å²) in [4.78, 5) is 11.8. The third-order valence-corrected chi connectivity index (χ3v) is 3.78. The number of carbonyl (C=O) groups excluding carboxylic acids is 1. The van der Waals surface area contributed by atoms with Crippen LogP contribution in [0.15, 0.2) is 48.5 Å². The normalized spacial score (nSPS) is 10.2. The Labute approximate surface area is 153 Å². The van der Waals surface area contributed by atoms with Crippen molar-refractivity contribution in [2.45, 2.75) is 26.7 Å². The van der Waals surface area contributed by atoms with Gasteiger partial charge >= 0.3 is 0 Å². The van der Waals surface area contributed by atoms with Crippen LogP contribution in [0.25, 0.3) is 0 Å². The quantitative estimate of drug-likeness (QED) is 0.565. The topological polar surface area (TPSA) is 62.4 Å². The number of hydrogen-bond acceptors (Lipinski definition) is 3. The van der Waals surface area contributed by atoms with Crippen molar-refractivity contribution in [2.75, 3.05) is 11.9 Å². The Kier molecular flexibility index (Phi) is 6.77. The van der Waals surface area contributed by atoms with E-state index in [1.165, 1.54) is 5.56 Å². The first-order valence-electron chi connectivity index (χ1n) is 8.10. The number of hydrazine groups is 1. The largest absolute Gasteiger partial charge is 0.484 e. The zero-order valence-corrected chi connectivity index (χ0v) is 15.4. The molecule has 6 heteroatoms. The molecule has 0 aromatic heterocycles. The molecule has 3 N–H and O–H groups in total. The lowest BCUT2D eigenvalue weighted by Crippen LogP contribution is -2.45. The molecule has 1 amide bonds. The molecule has 0 spiro atoms. The van der Waals surface area contributed by atoms with E-state index < -0.39 is 0 Å². The number of benzene rings is 2. The Hall–Kier alpha value is -2.60. The number of anilines is 1. The predicted octanol–water partition coefficient (Wildman–Crippen LogP) is 3.52. The van der Waals surface area contributed by atoms with Gasteiger partial charge in [-0.3, -0.25) is 15.6 Å². The van der Waals surface area contributed by atoms with Crippen LogP contribution in [0.4, 0.5) is 5.69 Å². The van der Waals surface area contributed by atoms with Gasteiger partial charge in [-0.05, 0) is 60.5 Å². The summed E-state index contributed by atoms with van der Waals surface area (Å²) in [5.41, 5.74) is 8.41. The number of amides is 1. The molecule has 0 aliphatic heterocycles. The molecule has 2 aromatic carbocycles. The third-order valence-electron chi connectivity index (χ3n) is 3.58. The number of nitrogens with one attached hydrogen (secondary N) is 3. The van der Waals surface area contributed by atoms with E-state index >= 15 is 0 Å². The minimum atomic E-state index is -0.317. The zero-order valence-electron chi connectivity index (χ0n) is 14.6. The second kappa shape index (κ2) is 9.03. The van der Waals surface area contributed by atoms with Gasteiger partial charge in [0.25, 0.3) is 5.91 Å². The molecule has 2 aromatic rings. The average Bonchev–Trinajstić information content (AvgIpc) is 2.58. The van der Waals surface area contributed by atoms with Crippen molar-refractivity contribution in [1.82, 2.24) is 10.9 Å². The first-order chi connectivity index (χ1) is 12.0. The summed E-state index contributed by atoms with van der Waals surface area (Å²) in [5.74, 6) is 0.810. The second-order valence-corrected chi connectivity index (χ2v) is 6.36. The lowest BCUT2D eigenvalue weighted by Gasteiger charge is -2.13. The van der Waals surface area contributed by atoms with Crippen molar-refractivity contribution in [2.24, 2.45) is 0 Å². The van der Waals surface area contributed by atoms with E-state index in [1.807, 2.05) is 55.5 Å². The second-order valence-electron chi connectivity index (χ2n) is 5.96. The van der Waals surface area contributed by atoms with Crippen LogP contribution >= 0.6 is 12.2 Å². The summed E-state index contributed by atoms with van der Waals surface area (Å²) in [6.07, 6.45) is 0. The van der Waals surface area contributed by atoms with Gasteiger partial charge < -0.3 is 10.1 Å². The van der Waals surface area contributed by atoms with Crippen LogP contribution in [0.5, 0.6) is 5.75 Å². The van der Waals surface area contributed by atoms with E-state index in [-0.39, 0.29) is 12.5 Å². The first-order valence-corrected chi connectivity index (χ1v) is 8.50. The lowest BCUT2D eigenvalue weighted by atomic mass is 9.98. The van der Waals surface area contributed by atoms with Crippen LogP contribution in [-0.4, -0.2) is 17.6 Å². The summed E-state index contributed by atoms with van der Waals surface area (Å²) in [6.45, 7) is 6.24. The van der Waals surface area contributed by atoms with Gasteiger partial charge in [0.2, 0.25) is 0 Å². The molecule has 0 saturated carbocycles. The van der Waals surface area contributed by atoms with Crippen LogP contribution in [-0.2, 0) is 4.79 Å². The summed E-state index contributed by atoms with van der Waals surface area (Å²) < 4.78 is 5.52. The zero-order chi connectivity index (χ0) is 18.2. The fourth-order valence-corrected chi connectivity index (χ4v) is 2.55. The fraction of sp³-hybridized carbons (Fsp3) is 0.263. The molecule has 25 heavy (non-hydrogen) atoms. The standard InChI is InChI=1S/C19H23N3O2S/c1-13(2)17-10-9-16(11-14(17)3)24-12-18(23)21-22-19(25)20-15-7-5-4-6-8-15/h4-11,13H,12H2,1-3H3,(H,21,23)(H2,20,22,25). The maximum atomic E-state index is 11.8. The van der Waals surface area contributed by atoms with E-state index in [9.17, 15) is 4.79 Å². The van der Waals surface area contributed by atoms with Gasteiger partial charge in [0.05, 0.1) is 0 Å². The van der Waals surface area contributed by atoms with Crippen LogP contribution in [0.3, 0.4) is 0 Å². The molecule has 0 radical (unpaired) electrons. The molecule has 0 aliphatic carbocycles. The Balaban J connectivity index is 1.75. The molecule has 2 rings (SSSR count). The van der Waals surface area contributed by atoms with Crippen LogP contribution in [0.2, 0.25) is 0 Å². The monoisotopic (exact) mass is 357 g/mol. The number of carbonyl (C=O) groups is 1. The van der Waals surface area contributed by atoms with Gasteiger partial charge in [-0.25, -0.2) is 0 Å². The molecule has 0 heterocycles. The van der Waals surface area contributed by atoms with E-state index in [4.69, 9.17) is 17.0 Å². The molecule has 0 atom stereocenters. The third kappa shape index (κ3) is 6.08. The molecule has 0 bridgehead atoms. The minimum Gasteiger partial charge on any atom is -0.484 e. The van der Waals surface area contributed by atoms with E-state index in [0.29, 0.717) is 16.8 Å². The van der Waals surface area contributed by atoms with Crippen molar-refractivity contribution in [3.05, 3.63) is 59.7 Å². The van der Waals surface area contributed by atoms with Gasteiger partial charge in [0, 0.05) is 5.69 Å². The maximum Gasteiger partial charge on any atom is 0.276 e. The highest BCUT2D eigenvalue weighted by Gasteiger charge is 2.07. The van der Waals surface area contributed by atoms with Gasteiger partial charge in [0.1, 0.15) is 5.75 Å². The molecule has 132 valence electrons. The minimum absolute atomic E-state index is 0.0958. The maximum absolute atomic E-state index is 11.8. The molecular formula is C19H23N3O2S. The number of ether oxygens (including phenoxy) is 1. The van der Waals surface area contributed by atoms with Crippen molar-refractivity contribution >= 4 is 28.9 Å². The highest BCUT2D eigenvalue weighted by Crippen LogP contribution is 2.23. The highest BCUT2D eigenvalue weighted by atomic mass is 32.1. The molecule has 0 aliphatic rings. The van der Waals surface area contributed by atoms with Crippen LogP contribution < -0.4 is 20.9 Å². The van der Waals surface area contributed by atoms with Gasteiger partial charge in [-0.1, -0.05) is 38.1 Å². The summed E-state index contributed by atoms with van der Waals surface area (Å²) >= 11 is 5.11. The van der Waals surface area contributed by atoms with Gasteiger partial charge in [-0.15, -0.1) is 0 Å². The average molecular weight is 357 g/mol. The number of para-hydroxylation sites is 1. The molecule has 0 fully saturated rings. The Morgan fingerprint density at radius 2 is 1.84 bits per heavy atom. The SMILES string of the molecule is Cc1cc(OCC(=O)NNC(=S)Nc2ccccc2)ccc1C(C)C. The highest BCUT2D eigenvalue weighted by molar-refractivity contribution is 7.80. The van der Waals surface area contributed by atoms with Crippen molar-refractivity contribution in [3.8, 4) is 5.75 Å². The van der Waals surface area contributed by atoms with E-state index in [2.05, 4.69) is 30.0 Å². The predicted molar refractivity (Wildman–Crippen MR) is 105 cm³/mol. The van der Waals surface area contributed by atoms with Crippen LogP contribution in [0, 0.1) is 6.92 Å². The Morgan fingerprint density at radius 3 is 2.48 bits per heavy atom. The first kappa shape index (κ1) is 18.7. The lowest BCUT2D eigenvalue weighted by molar-refractivity contribution is -0.123. The van der Waals surface area contributed by atoms with E-state index in [0.717, 1.165) is 11.3 Å². The molecule has 5 nitrogen and oxygen atoms in total. The van der Waals surface area contributed by atoms with Crippen LogP contribution in [0.1, 0.15) is 30.9 Å². The van der Waals surface area contributed by atoms with Crippen molar-refractivity contribution in [1.29, 1.82) is 0 Å². The summed E-state index contributed by atoms with van der Waals surface area (Å²) in [6, 6.07) is 15.3. The van der Waals surface area contributed by atoms with Gasteiger partial charge in [-0.2, -0.15) is 0 Å². The van der Waals surface area contributed by atoms with Gasteiger partial charge in [0.15, 0.2) is 11.7 Å². The molecule has 0 unspecified atom stereocenters. The van der Waals surface area contributed by atoms with Crippen molar-refractivity contribution in [3.63, 3.8) is 0 Å². The molecule has 0 saturated heterocycles. The summed E-state index contributed by atoms with van der Waals surface area (Å²) in [5, 5.41) is 3.26. The summed E-state index contributed by atoms with van der Waals surface area (Å²) in [7, 11) is 0. The number of aryl methyl sites for hydroxylation is 1. The van der Waals surface area contributed by atoms with Crippen molar-refractivity contribution < 1.29 is 9.53 Å².